The highest BCUT2D eigenvalue weighted by Gasteiger charge is 2.34. The highest BCUT2D eigenvalue weighted by atomic mass is 16.5. The molecule has 1 heterocycles. The summed E-state index contributed by atoms with van der Waals surface area (Å²) in [5.41, 5.74) is 4.68. The summed E-state index contributed by atoms with van der Waals surface area (Å²) in [6, 6.07) is 26.6. The molecule has 168 valence electrons. The second kappa shape index (κ2) is 10.0. The molecule has 2 N–H and O–H groups in total. The van der Waals surface area contributed by atoms with E-state index in [-0.39, 0.29) is 6.03 Å². The van der Waals surface area contributed by atoms with E-state index in [2.05, 4.69) is 34.6 Å². The van der Waals surface area contributed by atoms with Gasteiger partial charge in [-0.2, -0.15) is 0 Å². The van der Waals surface area contributed by atoms with E-state index in [1.54, 1.807) is 0 Å². The van der Waals surface area contributed by atoms with Gasteiger partial charge in [-0.05, 0) is 35.7 Å². The SMILES string of the molecule is CCN(Cc1ccccc1)c1ccc(C2NC(=O)NC(c3ccccc3)=C2C(=O)OC)cc1. The van der Waals surface area contributed by atoms with Crippen LogP contribution < -0.4 is 15.5 Å². The Bertz CT molecular complexity index is 1140. The fraction of sp³-hybridized carbons (Fsp3) is 0.185. The number of hydrogen-bond donors (Lipinski definition) is 2. The first-order chi connectivity index (χ1) is 16.1. The molecular formula is C27H27N3O3. The van der Waals surface area contributed by atoms with Crippen molar-refractivity contribution in [3.05, 3.63) is 107 Å². The third-order valence-corrected chi connectivity index (χ3v) is 5.73. The Morgan fingerprint density at radius 1 is 0.939 bits per heavy atom. The zero-order chi connectivity index (χ0) is 23.2. The van der Waals surface area contributed by atoms with Crippen molar-refractivity contribution in [2.24, 2.45) is 0 Å². The van der Waals surface area contributed by atoms with Crippen LogP contribution in [0.1, 0.15) is 29.7 Å². The number of benzene rings is 3. The molecule has 3 aromatic rings. The highest BCUT2D eigenvalue weighted by molar-refractivity contribution is 6.04. The Balaban J connectivity index is 1.68. The van der Waals surface area contributed by atoms with Gasteiger partial charge in [0.15, 0.2) is 0 Å². The van der Waals surface area contributed by atoms with Crippen LogP contribution >= 0.6 is 0 Å². The van der Waals surface area contributed by atoms with Crippen LogP contribution in [0.4, 0.5) is 10.5 Å². The van der Waals surface area contributed by atoms with E-state index in [1.165, 1.54) is 12.7 Å². The molecule has 1 aliphatic rings. The normalized spacial score (nSPS) is 15.5. The average molecular weight is 442 g/mol. The Kier molecular flexibility index (Phi) is 6.74. The summed E-state index contributed by atoms with van der Waals surface area (Å²) >= 11 is 0. The van der Waals surface area contributed by atoms with Gasteiger partial charge >= 0.3 is 12.0 Å². The number of ether oxygens (including phenoxy) is 1. The Morgan fingerprint density at radius 2 is 1.58 bits per heavy atom. The number of urea groups is 1. The highest BCUT2D eigenvalue weighted by Crippen LogP contribution is 2.32. The van der Waals surface area contributed by atoms with Crippen molar-refractivity contribution in [2.45, 2.75) is 19.5 Å². The van der Waals surface area contributed by atoms with Gasteiger partial charge in [-0.3, -0.25) is 0 Å². The van der Waals surface area contributed by atoms with Crippen molar-refractivity contribution in [3.8, 4) is 0 Å². The predicted octanol–water partition coefficient (Wildman–Crippen LogP) is 4.65. The van der Waals surface area contributed by atoms with Gasteiger partial charge in [0.25, 0.3) is 0 Å². The molecule has 0 saturated heterocycles. The first kappa shape index (κ1) is 22.1. The molecular weight excluding hydrogens is 414 g/mol. The number of rotatable bonds is 7. The number of hydrogen-bond acceptors (Lipinski definition) is 4. The number of anilines is 1. The van der Waals surface area contributed by atoms with E-state index in [4.69, 9.17) is 4.74 Å². The van der Waals surface area contributed by atoms with Crippen LogP contribution in [-0.2, 0) is 16.1 Å². The number of esters is 1. The number of nitrogens with one attached hydrogen (secondary N) is 2. The van der Waals surface area contributed by atoms with Gasteiger partial charge in [-0.1, -0.05) is 72.8 Å². The van der Waals surface area contributed by atoms with Crippen molar-refractivity contribution in [1.29, 1.82) is 0 Å². The third-order valence-electron chi connectivity index (χ3n) is 5.73. The van der Waals surface area contributed by atoms with Crippen LogP contribution in [0.3, 0.4) is 0 Å². The molecule has 0 bridgehead atoms. The van der Waals surface area contributed by atoms with Crippen molar-refractivity contribution in [3.63, 3.8) is 0 Å². The molecule has 0 spiro atoms. The second-order valence-corrected chi connectivity index (χ2v) is 7.77. The molecule has 0 aliphatic carbocycles. The molecule has 6 nitrogen and oxygen atoms in total. The van der Waals surface area contributed by atoms with E-state index in [0.29, 0.717) is 11.3 Å². The molecule has 6 heteroatoms. The standard InChI is InChI=1S/C27H27N3O3/c1-3-30(18-19-10-6-4-7-11-19)22-16-14-21(15-17-22)25-23(26(31)33-2)24(28-27(32)29-25)20-12-8-5-9-13-20/h4-17,25H,3,18H2,1-2H3,(H2,28,29,32). The largest absolute Gasteiger partial charge is 0.466 e. The van der Waals surface area contributed by atoms with Crippen LogP contribution in [0.25, 0.3) is 5.70 Å². The van der Waals surface area contributed by atoms with Crippen LogP contribution in [0.15, 0.2) is 90.5 Å². The van der Waals surface area contributed by atoms with Crippen molar-refractivity contribution in [2.75, 3.05) is 18.6 Å². The van der Waals surface area contributed by atoms with Gasteiger partial charge in [0, 0.05) is 18.8 Å². The second-order valence-electron chi connectivity index (χ2n) is 7.77. The number of amides is 2. The third kappa shape index (κ3) is 4.90. The van der Waals surface area contributed by atoms with E-state index in [0.717, 1.165) is 29.9 Å². The van der Waals surface area contributed by atoms with Gasteiger partial charge in [-0.25, -0.2) is 9.59 Å². The Morgan fingerprint density at radius 3 is 2.18 bits per heavy atom. The smallest absolute Gasteiger partial charge is 0.338 e. The van der Waals surface area contributed by atoms with Crippen LogP contribution in [0.5, 0.6) is 0 Å². The first-order valence-electron chi connectivity index (χ1n) is 10.9. The molecule has 1 atom stereocenters. The summed E-state index contributed by atoms with van der Waals surface area (Å²) in [6.07, 6.45) is 0. The fourth-order valence-corrected chi connectivity index (χ4v) is 4.04. The molecule has 0 radical (unpaired) electrons. The summed E-state index contributed by atoms with van der Waals surface area (Å²) in [6.45, 7) is 3.77. The van der Waals surface area contributed by atoms with Gasteiger partial charge < -0.3 is 20.3 Å². The Labute approximate surface area is 193 Å². The molecule has 0 fully saturated rings. The topological polar surface area (TPSA) is 70.7 Å². The van der Waals surface area contributed by atoms with Gasteiger partial charge in [0.1, 0.15) is 0 Å². The minimum absolute atomic E-state index is 0.366. The summed E-state index contributed by atoms with van der Waals surface area (Å²) in [7, 11) is 1.34. The minimum atomic E-state index is -0.625. The predicted molar refractivity (Wildman–Crippen MR) is 129 cm³/mol. The lowest BCUT2D eigenvalue weighted by Gasteiger charge is -2.30. The molecule has 4 rings (SSSR count). The maximum Gasteiger partial charge on any atom is 0.338 e. The molecule has 33 heavy (non-hydrogen) atoms. The van der Waals surface area contributed by atoms with Crippen molar-refractivity contribution < 1.29 is 14.3 Å². The number of carbonyl (C=O) groups is 2. The monoisotopic (exact) mass is 441 g/mol. The summed E-state index contributed by atoms with van der Waals surface area (Å²) in [4.78, 5) is 27.6. The summed E-state index contributed by atoms with van der Waals surface area (Å²) < 4.78 is 5.08. The van der Waals surface area contributed by atoms with Crippen LogP contribution in [-0.4, -0.2) is 25.7 Å². The van der Waals surface area contributed by atoms with Crippen molar-refractivity contribution >= 4 is 23.4 Å². The van der Waals surface area contributed by atoms with E-state index in [1.807, 2.05) is 72.8 Å². The first-order valence-corrected chi connectivity index (χ1v) is 10.9. The molecule has 0 saturated carbocycles. The van der Waals surface area contributed by atoms with Crippen LogP contribution in [0, 0.1) is 0 Å². The quantitative estimate of drug-likeness (QED) is 0.524. The summed E-state index contributed by atoms with van der Waals surface area (Å²) in [5.74, 6) is -0.491. The lowest BCUT2D eigenvalue weighted by molar-refractivity contribution is -0.136. The molecule has 1 unspecified atom stereocenters. The van der Waals surface area contributed by atoms with Gasteiger partial charge in [-0.15, -0.1) is 0 Å². The van der Waals surface area contributed by atoms with Gasteiger partial charge in [0.05, 0.1) is 24.4 Å². The van der Waals surface area contributed by atoms with E-state index < -0.39 is 12.0 Å². The molecule has 3 aromatic carbocycles. The number of carbonyl (C=O) groups excluding carboxylic acids is 2. The van der Waals surface area contributed by atoms with Crippen molar-refractivity contribution in [1.82, 2.24) is 10.6 Å². The van der Waals surface area contributed by atoms with E-state index >= 15 is 0 Å². The zero-order valence-electron chi connectivity index (χ0n) is 18.7. The maximum absolute atomic E-state index is 12.8. The summed E-state index contributed by atoms with van der Waals surface area (Å²) in [5, 5.41) is 5.66. The molecule has 1 aliphatic heterocycles. The minimum Gasteiger partial charge on any atom is -0.466 e. The lowest BCUT2D eigenvalue weighted by Crippen LogP contribution is -2.45. The van der Waals surface area contributed by atoms with Crippen LogP contribution in [0.2, 0.25) is 0 Å². The fourth-order valence-electron chi connectivity index (χ4n) is 4.04. The van der Waals surface area contributed by atoms with E-state index in [9.17, 15) is 9.59 Å². The number of methoxy groups -OCH3 is 1. The van der Waals surface area contributed by atoms with Gasteiger partial charge in [0.2, 0.25) is 0 Å². The lowest BCUT2D eigenvalue weighted by atomic mass is 9.92. The maximum atomic E-state index is 12.8. The average Bonchev–Trinajstić information content (AvgIpc) is 2.87. The zero-order valence-corrected chi connectivity index (χ0v) is 18.7. The molecule has 2 amide bonds. The molecule has 0 aromatic heterocycles. The Hall–Kier alpha value is -4.06. The number of nitrogens with zero attached hydrogens (tertiary/aromatic N) is 1.